The second kappa shape index (κ2) is 5.40. The predicted octanol–water partition coefficient (Wildman–Crippen LogP) is 3.91. The Hall–Kier alpha value is -0.230. The molecule has 84 valence electrons. The van der Waals surface area contributed by atoms with Crippen LogP contribution >= 0.6 is 43.2 Å². The van der Waals surface area contributed by atoms with Crippen LogP contribution in [0.15, 0.2) is 38.7 Å². The first-order chi connectivity index (χ1) is 7.66. The molecule has 0 spiro atoms. The van der Waals surface area contributed by atoms with E-state index in [4.69, 9.17) is 5.73 Å². The van der Waals surface area contributed by atoms with E-state index in [0.717, 1.165) is 25.9 Å². The summed E-state index contributed by atoms with van der Waals surface area (Å²) in [6.45, 7) is 0. The molecule has 0 saturated heterocycles. The Morgan fingerprint density at radius 2 is 2.19 bits per heavy atom. The van der Waals surface area contributed by atoms with Gasteiger partial charge in [0, 0.05) is 33.0 Å². The van der Waals surface area contributed by atoms with Crippen molar-refractivity contribution >= 4 is 43.2 Å². The van der Waals surface area contributed by atoms with Crippen LogP contribution in [0.3, 0.4) is 0 Å². The number of nitrogens with two attached hydrogens (primary N) is 1. The van der Waals surface area contributed by atoms with E-state index in [-0.39, 0.29) is 6.04 Å². The molecule has 2 rings (SSSR count). The van der Waals surface area contributed by atoms with Gasteiger partial charge in [0.25, 0.3) is 0 Å². The van der Waals surface area contributed by atoms with Crippen LogP contribution in [0.2, 0.25) is 0 Å². The van der Waals surface area contributed by atoms with Gasteiger partial charge >= 0.3 is 0 Å². The zero-order valence-corrected chi connectivity index (χ0v) is 12.3. The van der Waals surface area contributed by atoms with E-state index in [9.17, 15) is 0 Å². The lowest BCUT2D eigenvalue weighted by atomic mass is 10.1. The molecule has 5 heteroatoms. The number of rotatable bonds is 3. The number of nitrogens with zero attached hydrogens (tertiary/aromatic N) is 1. The maximum absolute atomic E-state index is 6.16. The monoisotopic (exact) mass is 360 g/mol. The Bertz CT molecular complexity index is 471. The van der Waals surface area contributed by atoms with Crippen molar-refractivity contribution in [2.75, 3.05) is 0 Å². The van der Waals surface area contributed by atoms with Gasteiger partial charge < -0.3 is 5.73 Å². The topological polar surface area (TPSA) is 38.9 Å². The third kappa shape index (κ3) is 2.91. The Morgan fingerprint density at radius 3 is 2.81 bits per heavy atom. The van der Waals surface area contributed by atoms with Crippen molar-refractivity contribution < 1.29 is 0 Å². The molecular weight excluding hydrogens is 352 g/mol. The molecule has 1 aromatic heterocycles. The lowest BCUT2D eigenvalue weighted by Crippen LogP contribution is -2.13. The summed E-state index contributed by atoms with van der Waals surface area (Å²) in [5.41, 5.74) is 7.27. The number of thiazole rings is 1. The van der Waals surface area contributed by atoms with Crippen LogP contribution in [0.4, 0.5) is 0 Å². The number of hydrogen-bond donors (Lipinski definition) is 1. The maximum atomic E-state index is 6.16. The van der Waals surface area contributed by atoms with Gasteiger partial charge in [-0.25, -0.2) is 4.98 Å². The average molecular weight is 362 g/mol. The van der Waals surface area contributed by atoms with Crippen LogP contribution < -0.4 is 5.73 Å². The number of halogens is 2. The molecule has 2 N–H and O–H groups in total. The van der Waals surface area contributed by atoms with Gasteiger partial charge in [0.05, 0.1) is 5.01 Å². The second-order valence-electron chi connectivity index (χ2n) is 3.40. The molecule has 0 saturated carbocycles. The fourth-order valence-electron chi connectivity index (χ4n) is 1.45. The van der Waals surface area contributed by atoms with Crippen molar-refractivity contribution in [3.8, 4) is 0 Å². The first kappa shape index (κ1) is 12.2. The molecule has 1 unspecified atom stereocenters. The zero-order chi connectivity index (χ0) is 11.5. The summed E-state index contributed by atoms with van der Waals surface area (Å²) in [4.78, 5) is 4.24. The summed E-state index contributed by atoms with van der Waals surface area (Å²) in [5.74, 6) is 0. The summed E-state index contributed by atoms with van der Waals surface area (Å²) in [5, 5.41) is 3.04. The highest BCUT2D eigenvalue weighted by atomic mass is 79.9. The first-order valence-electron chi connectivity index (χ1n) is 4.75. The molecule has 1 heterocycles. The minimum absolute atomic E-state index is 0.0198. The van der Waals surface area contributed by atoms with Crippen molar-refractivity contribution in [1.29, 1.82) is 0 Å². The van der Waals surface area contributed by atoms with Gasteiger partial charge in [-0.1, -0.05) is 37.9 Å². The van der Waals surface area contributed by atoms with Crippen LogP contribution in [0.5, 0.6) is 0 Å². The van der Waals surface area contributed by atoms with Gasteiger partial charge in [-0.15, -0.1) is 11.3 Å². The van der Waals surface area contributed by atoms with Crippen LogP contribution in [0, 0.1) is 0 Å². The molecule has 0 aliphatic carbocycles. The molecule has 2 aromatic rings. The van der Waals surface area contributed by atoms with Crippen LogP contribution in [-0.2, 0) is 6.42 Å². The summed E-state index contributed by atoms with van der Waals surface area (Å²) in [6, 6.07) is 6.03. The average Bonchev–Trinajstić information content (AvgIpc) is 2.70. The molecule has 0 radical (unpaired) electrons. The van der Waals surface area contributed by atoms with Crippen LogP contribution in [0.25, 0.3) is 0 Å². The lowest BCUT2D eigenvalue weighted by Gasteiger charge is -2.12. The van der Waals surface area contributed by atoms with Gasteiger partial charge in [-0.05, 0) is 17.7 Å². The minimum Gasteiger partial charge on any atom is -0.324 e. The first-order valence-corrected chi connectivity index (χ1v) is 7.22. The van der Waals surface area contributed by atoms with E-state index in [1.165, 1.54) is 0 Å². The Balaban J connectivity index is 2.17. The summed E-state index contributed by atoms with van der Waals surface area (Å²) in [6.07, 6.45) is 2.58. The number of benzene rings is 1. The van der Waals surface area contributed by atoms with Crippen molar-refractivity contribution in [2.24, 2.45) is 5.73 Å². The number of hydrogen-bond acceptors (Lipinski definition) is 3. The Morgan fingerprint density at radius 1 is 1.38 bits per heavy atom. The van der Waals surface area contributed by atoms with Gasteiger partial charge in [0.15, 0.2) is 0 Å². The normalized spacial score (nSPS) is 12.7. The molecule has 0 aliphatic heterocycles. The van der Waals surface area contributed by atoms with Gasteiger partial charge in [0.1, 0.15) is 0 Å². The maximum Gasteiger partial charge on any atom is 0.0943 e. The molecule has 2 nitrogen and oxygen atoms in total. The van der Waals surface area contributed by atoms with E-state index >= 15 is 0 Å². The molecule has 0 aliphatic rings. The van der Waals surface area contributed by atoms with Gasteiger partial charge in [0.2, 0.25) is 0 Å². The molecular formula is C11H10Br2N2S. The van der Waals surface area contributed by atoms with Gasteiger partial charge in [-0.2, -0.15) is 0 Å². The van der Waals surface area contributed by atoms with Crippen molar-refractivity contribution in [1.82, 2.24) is 4.98 Å². The van der Waals surface area contributed by atoms with Gasteiger partial charge in [-0.3, -0.25) is 0 Å². The van der Waals surface area contributed by atoms with E-state index < -0.39 is 0 Å². The highest BCUT2D eigenvalue weighted by Crippen LogP contribution is 2.27. The third-order valence-electron chi connectivity index (χ3n) is 2.24. The minimum atomic E-state index is -0.0198. The van der Waals surface area contributed by atoms with Crippen molar-refractivity contribution in [2.45, 2.75) is 12.5 Å². The third-order valence-corrected chi connectivity index (χ3v) is 4.22. The van der Waals surface area contributed by atoms with E-state index in [1.54, 1.807) is 11.3 Å². The van der Waals surface area contributed by atoms with E-state index in [1.807, 2.05) is 29.8 Å². The molecule has 0 amide bonds. The smallest absolute Gasteiger partial charge is 0.0943 e. The summed E-state index contributed by atoms with van der Waals surface area (Å²) >= 11 is 8.59. The molecule has 16 heavy (non-hydrogen) atoms. The number of aromatic nitrogens is 1. The largest absolute Gasteiger partial charge is 0.324 e. The molecule has 0 fully saturated rings. The Labute approximate surface area is 115 Å². The summed E-state index contributed by atoms with van der Waals surface area (Å²) < 4.78 is 2.08. The van der Waals surface area contributed by atoms with Crippen LogP contribution in [-0.4, -0.2) is 4.98 Å². The molecule has 0 bridgehead atoms. The fourth-order valence-corrected chi connectivity index (χ4v) is 3.47. The standard InChI is InChI=1S/C11H10Br2N2S/c12-7-1-2-8(9(13)5-7)10(14)6-11-15-3-4-16-11/h1-5,10H,6,14H2. The molecule has 1 atom stereocenters. The highest BCUT2D eigenvalue weighted by Gasteiger charge is 2.12. The van der Waals surface area contributed by atoms with E-state index in [0.29, 0.717) is 0 Å². The Kier molecular flexibility index (Phi) is 4.13. The fraction of sp³-hybridized carbons (Fsp3) is 0.182. The molecule has 1 aromatic carbocycles. The lowest BCUT2D eigenvalue weighted by molar-refractivity contribution is 0.714. The SMILES string of the molecule is NC(Cc1nccs1)c1ccc(Br)cc1Br. The quantitative estimate of drug-likeness (QED) is 0.899. The van der Waals surface area contributed by atoms with E-state index in [2.05, 4.69) is 36.8 Å². The van der Waals surface area contributed by atoms with Crippen molar-refractivity contribution in [3.63, 3.8) is 0 Å². The summed E-state index contributed by atoms with van der Waals surface area (Å²) in [7, 11) is 0. The highest BCUT2D eigenvalue weighted by molar-refractivity contribution is 9.11. The predicted molar refractivity (Wildman–Crippen MR) is 74.6 cm³/mol. The second-order valence-corrected chi connectivity index (χ2v) is 6.15. The van der Waals surface area contributed by atoms with Crippen molar-refractivity contribution in [3.05, 3.63) is 49.3 Å². The zero-order valence-electron chi connectivity index (χ0n) is 8.36. The van der Waals surface area contributed by atoms with Crippen LogP contribution in [0.1, 0.15) is 16.6 Å².